The number of cyclic esters (lactones) is 1. The van der Waals surface area contributed by atoms with Crippen molar-refractivity contribution in [3.8, 4) is 0 Å². The van der Waals surface area contributed by atoms with E-state index in [-0.39, 0.29) is 36.4 Å². The minimum Gasteiger partial charge on any atom is -0.442 e. The van der Waals surface area contributed by atoms with Gasteiger partial charge in [0.25, 0.3) is 0 Å². The number of carbonyl (C=O) groups is 2. The van der Waals surface area contributed by atoms with E-state index in [1.54, 1.807) is 9.58 Å². The van der Waals surface area contributed by atoms with Gasteiger partial charge in [0.05, 0.1) is 24.8 Å². The summed E-state index contributed by atoms with van der Waals surface area (Å²) in [5.74, 6) is -1.79. The van der Waals surface area contributed by atoms with Crippen molar-refractivity contribution in [2.45, 2.75) is 25.5 Å². The number of tetrazole rings is 1. The van der Waals surface area contributed by atoms with Crippen LogP contribution in [0.15, 0.2) is 18.5 Å². The molecule has 2 aliphatic rings. The third-order valence-electron chi connectivity index (χ3n) is 4.98. The van der Waals surface area contributed by atoms with E-state index in [0.29, 0.717) is 19.5 Å². The summed E-state index contributed by atoms with van der Waals surface area (Å²) < 4.78 is 36.3. The fourth-order valence-electron chi connectivity index (χ4n) is 3.60. The number of carbonyl (C=O) groups excluding carboxylic acids is 2. The summed E-state index contributed by atoms with van der Waals surface area (Å²) in [6.45, 7) is 2.38. The van der Waals surface area contributed by atoms with Gasteiger partial charge < -0.3 is 15.0 Å². The van der Waals surface area contributed by atoms with Crippen LogP contribution < -0.4 is 15.1 Å². The van der Waals surface area contributed by atoms with E-state index >= 15 is 0 Å². The van der Waals surface area contributed by atoms with Gasteiger partial charge >= 0.3 is 6.09 Å². The normalized spacial score (nSPS) is 21.6. The summed E-state index contributed by atoms with van der Waals surface area (Å²) >= 11 is 0. The Kier molecular flexibility index (Phi) is 4.99. The molecule has 29 heavy (non-hydrogen) atoms. The number of anilines is 2. The van der Waals surface area contributed by atoms with Crippen LogP contribution in [0.3, 0.4) is 0 Å². The number of rotatable bonds is 5. The molecule has 2 aromatic rings. The zero-order valence-electron chi connectivity index (χ0n) is 15.6. The number of nitrogens with zero attached hydrogens (tertiary/aromatic N) is 6. The van der Waals surface area contributed by atoms with E-state index in [0.717, 1.165) is 17.0 Å². The van der Waals surface area contributed by atoms with Crippen LogP contribution in [0.2, 0.25) is 0 Å². The molecule has 154 valence electrons. The van der Waals surface area contributed by atoms with Crippen molar-refractivity contribution in [1.29, 1.82) is 0 Å². The molecule has 1 N–H and O–H groups in total. The van der Waals surface area contributed by atoms with Crippen molar-refractivity contribution in [3.63, 3.8) is 0 Å². The molecule has 1 aromatic heterocycles. The Balaban J connectivity index is 1.49. The number of amides is 2. The Bertz CT molecular complexity index is 901. The van der Waals surface area contributed by atoms with Gasteiger partial charge in [0, 0.05) is 32.1 Å². The first-order chi connectivity index (χ1) is 13.9. The zero-order valence-corrected chi connectivity index (χ0v) is 15.6. The van der Waals surface area contributed by atoms with Gasteiger partial charge in [-0.3, -0.25) is 9.69 Å². The van der Waals surface area contributed by atoms with Crippen molar-refractivity contribution in [3.05, 3.63) is 30.1 Å². The van der Waals surface area contributed by atoms with E-state index in [9.17, 15) is 18.4 Å². The lowest BCUT2D eigenvalue weighted by Crippen LogP contribution is -2.33. The Morgan fingerprint density at radius 1 is 1.31 bits per heavy atom. The molecular weight excluding hydrogens is 388 g/mol. The highest BCUT2D eigenvalue weighted by Gasteiger charge is 2.34. The Hall–Kier alpha value is -3.31. The summed E-state index contributed by atoms with van der Waals surface area (Å²) in [7, 11) is 0. The first-order valence-corrected chi connectivity index (χ1v) is 9.11. The molecule has 2 fully saturated rings. The molecule has 0 saturated carbocycles. The van der Waals surface area contributed by atoms with E-state index < -0.39 is 23.8 Å². The molecule has 2 saturated heterocycles. The third-order valence-corrected chi connectivity index (χ3v) is 4.98. The van der Waals surface area contributed by atoms with Crippen LogP contribution in [0.1, 0.15) is 19.4 Å². The van der Waals surface area contributed by atoms with Crippen LogP contribution in [-0.2, 0) is 9.53 Å². The minimum atomic E-state index is -0.768. The van der Waals surface area contributed by atoms with E-state index in [4.69, 9.17) is 4.74 Å². The van der Waals surface area contributed by atoms with Crippen molar-refractivity contribution in [2.75, 3.05) is 36.0 Å². The third kappa shape index (κ3) is 3.82. The van der Waals surface area contributed by atoms with Crippen LogP contribution >= 0.6 is 0 Å². The Morgan fingerprint density at radius 3 is 2.72 bits per heavy atom. The van der Waals surface area contributed by atoms with Gasteiger partial charge in [0.1, 0.15) is 18.1 Å². The molecule has 2 atom stereocenters. The predicted octanol–water partition coefficient (Wildman–Crippen LogP) is 0.864. The molecule has 12 heteroatoms. The first kappa shape index (κ1) is 19.0. The average molecular weight is 407 g/mol. The summed E-state index contributed by atoms with van der Waals surface area (Å²) in [5, 5.41) is 13.6. The number of nitrogens with one attached hydrogen (secondary N) is 1. The highest BCUT2D eigenvalue weighted by Crippen LogP contribution is 2.34. The second kappa shape index (κ2) is 7.60. The average Bonchev–Trinajstić information content (AvgIpc) is 3.40. The van der Waals surface area contributed by atoms with Crippen molar-refractivity contribution >= 4 is 23.4 Å². The largest absolute Gasteiger partial charge is 0.442 e. The highest BCUT2D eigenvalue weighted by atomic mass is 19.1. The molecule has 1 aromatic carbocycles. The van der Waals surface area contributed by atoms with Crippen LogP contribution in [0.5, 0.6) is 0 Å². The quantitative estimate of drug-likeness (QED) is 0.784. The minimum absolute atomic E-state index is 0.0651. The molecule has 0 bridgehead atoms. The van der Waals surface area contributed by atoms with E-state index in [1.807, 2.05) is 0 Å². The van der Waals surface area contributed by atoms with Gasteiger partial charge in [0.2, 0.25) is 5.91 Å². The fraction of sp³-hybridized carbons (Fsp3) is 0.471. The van der Waals surface area contributed by atoms with Crippen LogP contribution in [0.25, 0.3) is 0 Å². The van der Waals surface area contributed by atoms with Crippen molar-refractivity contribution in [1.82, 2.24) is 25.5 Å². The Morgan fingerprint density at radius 2 is 2.07 bits per heavy atom. The molecule has 3 heterocycles. The smallest absolute Gasteiger partial charge is 0.414 e. The summed E-state index contributed by atoms with van der Waals surface area (Å²) in [6, 6.07) is 2.15. The lowest BCUT2D eigenvalue weighted by atomic mass is 10.2. The van der Waals surface area contributed by atoms with E-state index in [2.05, 4.69) is 20.8 Å². The van der Waals surface area contributed by atoms with E-state index in [1.165, 1.54) is 13.3 Å². The van der Waals surface area contributed by atoms with Crippen molar-refractivity contribution in [2.24, 2.45) is 0 Å². The highest BCUT2D eigenvalue weighted by molar-refractivity contribution is 5.90. The molecule has 10 nitrogen and oxygen atoms in total. The number of hydrogen-bond donors (Lipinski definition) is 1. The van der Waals surface area contributed by atoms with Gasteiger partial charge in [-0.2, -0.15) is 0 Å². The van der Waals surface area contributed by atoms with Crippen LogP contribution in [0, 0.1) is 11.6 Å². The monoisotopic (exact) mass is 407 g/mol. The van der Waals surface area contributed by atoms with Crippen molar-refractivity contribution < 1.29 is 23.1 Å². The summed E-state index contributed by atoms with van der Waals surface area (Å²) in [4.78, 5) is 25.8. The second-order valence-corrected chi connectivity index (χ2v) is 6.99. The lowest BCUT2D eigenvalue weighted by molar-refractivity contribution is -0.119. The molecule has 0 radical (unpaired) electrons. The van der Waals surface area contributed by atoms with Crippen LogP contribution in [-0.4, -0.2) is 64.5 Å². The maximum Gasteiger partial charge on any atom is 0.414 e. The molecule has 0 aliphatic carbocycles. The number of aromatic nitrogens is 4. The first-order valence-electron chi connectivity index (χ1n) is 9.11. The number of hydrogen-bond acceptors (Lipinski definition) is 7. The molecule has 2 aliphatic heterocycles. The van der Waals surface area contributed by atoms with Gasteiger partial charge in [-0.25, -0.2) is 18.3 Å². The standard InChI is InChI=1S/C17H19F2N7O3/c1-10(27)20-6-13-8-25(17(28)29-13)12-4-14(18)16(15(19)5-12)24-3-2-11(7-24)26-9-21-22-23-26/h4-5,9,11,13H,2-3,6-8H2,1H3,(H,20,27)/t11-,13-/m0/s1. The molecule has 0 unspecified atom stereocenters. The van der Waals surface area contributed by atoms with Gasteiger partial charge in [-0.1, -0.05) is 0 Å². The maximum atomic E-state index is 14.8. The SMILES string of the molecule is CC(=O)NC[C@H]1CN(c2cc(F)c(N3CC[C@H](n4cnnn4)C3)c(F)c2)C(=O)O1. The maximum absolute atomic E-state index is 14.8. The summed E-state index contributed by atoms with van der Waals surface area (Å²) in [5.41, 5.74) is -0.0815. The summed E-state index contributed by atoms with van der Waals surface area (Å²) in [6.07, 6.45) is 0.814. The molecule has 4 rings (SSSR count). The number of benzene rings is 1. The zero-order chi connectivity index (χ0) is 20.5. The Labute approximate surface area is 164 Å². The molecule has 2 amide bonds. The van der Waals surface area contributed by atoms with Gasteiger partial charge in [-0.15, -0.1) is 5.10 Å². The van der Waals surface area contributed by atoms with Gasteiger partial charge in [-0.05, 0) is 16.8 Å². The fourth-order valence-corrected chi connectivity index (χ4v) is 3.60. The molecule has 0 spiro atoms. The number of halogens is 2. The molecular formula is C17H19F2N7O3. The predicted molar refractivity (Wildman–Crippen MR) is 96.3 cm³/mol. The second-order valence-electron chi connectivity index (χ2n) is 6.99. The topological polar surface area (TPSA) is 105 Å². The van der Waals surface area contributed by atoms with Gasteiger partial charge in [0.15, 0.2) is 11.6 Å². The lowest BCUT2D eigenvalue weighted by Gasteiger charge is -2.22. The van der Waals surface area contributed by atoms with Crippen LogP contribution in [0.4, 0.5) is 25.0 Å². The number of ether oxygens (including phenoxy) is 1.